The van der Waals surface area contributed by atoms with E-state index in [9.17, 15) is 5.26 Å². The van der Waals surface area contributed by atoms with Gasteiger partial charge in [0.05, 0.1) is 6.07 Å². The Kier molecular flexibility index (Phi) is 4.20. The largest absolute Gasteiger partial charge is 0.368 e. The number of nitrogens with one attached hydrogen (secondary N) is 1. The summed E-state index contributed by atoms with van der Waals surface area (Å²) >= 11 is 0. The number of benzene rings is 2. The molecule has 2 heteroatoms. The quantitative estimate of drug-likeness (QED) is 0.870. The van der Waals surface area contributed by atoms with E-state index in [0.29, 0.717) is 0 Å². The van der Waals surface area contributed by atoms with Gasteiger partial charge in [0.1, 0.15) is 5.54 Å². The van der Waals surface area contributed by atoms with Gasteiger partial charge in [-0.3, -0.25) is 0 Å². The highest BCUT2D eigenvalue weighted by Crippen LogP contribution is 2.20. The molecule has 0 heterocycles. The summed E-state index contributed by atoms with van der Waals surface area (Å²) in [6.07, 6.45) is 1.67. The maximum absolute atomic E-state index is 9.41. The molecule has 0 aliphatic heterocycles. The van der Waals surface area contributed by atoms with E-state index in [1.807, 2.05) is 55.5 Å². The summed E-state index contributed by atoms with van der Waals surface area (Å²) in [5.41, 5.74) is 1.70. The third kappa shape index (κ3) is 3.86. The van der Waals surface area contributed by atoms with Crippen molar-refractivity contribution >= 4 is 5.69 Å². The van der Waals surface area contributed by atoms with Crippen LogP contribution in [-0.2, 0) is 6.42 Å². The van der Waals surface area contributed by atoms with Crippen LogP contribution in [-0.4, -0.2) is 5.54 Å². The Morgan fingerprint density at radius 3 is 2.16 bits per heavy atom. The highest BCUT2D eigenvalue weighted by molar-refractivity contribution is 5.47. The van der Waals surface area contributed by atoms with Crippen molar-refractivity contribution < 1.29 is 0 Å². The minimum absolute atomic E-state index is 0.544. The van der Waals surface area contributed by atoms with E-state index in [-0.39, 0.29) is 0 Å². The lowest BCUT2D eigenvalue weighted by molar-refractivity contribution is 0.589. The van der Waals surface area contributed by atoms with Crippen LogP contribution in [0.3, 0.4) is 0 Å². The third-order valence-corrected chi connectivity index (χ3v) is 3.20. The van der Waals surface area contributed by atoms with Crippen LogP contribution in [0.1, 0.15) is 18.9 Å². The number of rotatable bonds is 5. The van der Waals surface area contributed by atoms with Crippen molar-refractivity contribution in [1.29, 1.82) is 5.26 Å². The average molecular weight is 250 g/mol. The van der Waals surface area contributed by atoms with Crippen LogP contribution in [0.5, 0.6) is 0 Å². The van der Waals surface area contributed by atoms with Crippen LogP contribution in [0, 0.1) is 11.3 Å². The smallest absolute Gasteiger partial charge is 0.122 e. The summed E-state index contributed by atoms with van der Waals surface area (Å²) in [6.45, 7) is 1.95. The zero-order chi connectivity index (χ0) is 13.6. The molecule has 0 fully saturated rings. The molecule has 0 aliphatic carbocycles. The van der Waals surface area contributed by atoms with Crippen molar-refractivity contribution in [2.45, 2.75) is 25.3 Å². The molecule has 0 amide bonds. The summed E-state index contributed by atoms with van der Waals surface area (Å²) in [4.78, 5) is 0. The summed E-state index contributed by atoms with van der Waals surface area (Å²) < 4.78 is 0. The first kappa shape index (κ1) is 13.2. The second kappa shape index (κ2) is 6.06. The molecule has 1 atom stereocenters. The zero-order valence-electron chi connectivity index (χ0n) is 11.1. The van der Waals surface area contributed by atoms with Gasteiger partial charge in [-0.1, -0.05) is 48.5 Å². The molecule has 2 aromatic rings. The molecule has 96 valence electrons. The molecule has 0 saturated heterocycles. The van der Waals surface area contributed by atoms with Gasteiger partial charge in [-0.15, -0.1) is 0 Å². The minimum Gasteiger partial charge on any atom is -0.368 e. The Bertz CT molecular complexity index is 542. The number of nitriles is 1. The predicted molar refractivity (Wildman–Crippen MR) is 78.8 cm³/mol. The topological polar surface area (TPSA) is 35.8 Å². The second-order valence-corrected chi connectivity index (χ2v) is 4.92. The van der Waals surface area contributed by atoms with Crippen LogP contribution in [0.15, 0.2) is 60.7 Å². The van der Waals surface area contributed by atoms with E-state index < -0.39 is 5.54 Å². The first-order chi connectivity index (χ1) is 9.22. The first-order valence-electron chi connectivity index (χ1n) is 6.50. The number of para-hydroxylation sites is 1. The highest BCUT2D eigenvalue weighted by Gasteiger charge is 2.23. The lowest BCUT2D eigenvalue weighted by atomic mass is 9.94. The number of aryl methyl sites for hydroxylation is 1. The molecule has 19 heavy (non-hydrogen) atoms. The van der Waals surface area contributed by atoms with Gasteiger partial charge in [-0.2, -0.15) is 5.26 Å². The van der Waals surface area contributed by atoms with Crippen molar-refractivity contribution in [1.82, 2.24) is 0 Å². The van der Waals surface area contributed by atoms with E-state index >= 15 is 0 Å². The van der Waals surface area contributed by atoms with Crippen molar-refractivity contribution in [3.05, 3.63) is 66.2 Å². The van der Waals surface area contributed by atoms with Gasteiger partial charge in [0.25, 0.3) is 0 Å². The van der Waals surface area contributed by atoms with Gasteiger partial charge in [0, 0.05) is 5.69 Å². The van der Waals surface area contributed by atoms with Crippen molar-refractivity contribution in [2.24, 2.45) is 0 Å². The van der Waals surface area contributed by atoms with Crippen LogP contribution in [0.25, 0.3) is 0 Å². The highest BCUT2D eigenvalue weighted by atomic mass is 15.0. The predicted octanol–water partition coefficient (Wildman–Crippen LogP) is 4.01. The fourth-order valence-corrected chi connectivity index (χ4v) is 2.03. The van der Waals surface area contributed by atoms with Gasteiger partial charge >= 0.3 is 0 Å². The average Bonchev–Trinajstić information content (AvgIpc) is 2.47. The Labute approximate surface area is 114 Å². The second-order valence-electron chi connectivity index (χ2n) is 4.92. The van der Waals surface area contributed by atoms with Crippen molar-refractivity contribution in [2.75, 3.05) is 5.32 Å². The van der Waals surface area contributed by atoms with E-state index in [4.69, 9.17) is 0 Å². The molecular weight excluding hydrogens is 232 g/mol. The maximum Gasteiger partial charge on any atom is 0.122 e. The van der Waals surface area contributed by atoms with E-state index in [1.165, 1.54) is 5.56 Å². The molecular formula is C17H18N2. The van der Waals surface area contributed by atoms with E-state index in [1.54, 1.807) is 0 Å². The number of hydrogen-bond acceptors (Lipinski definition) is 2. The number of nitrogens with zero attached hydrogens (tertiary/aromatic N) is 1. The lowest BCUT2D eigenvalue weighted by Gasteiger charge is -2.24. The van der Waals surface area contributed by atoms with E-state index in [0.717, 1.165) is 18.5 Å². The van der Waals surface area contributed by atoms with Crippen molar-refractivity contribution in [3.8, 4) is 6.07 Å². The molecule has 2 rings (SSSR count). The summed E-state index contributed by atoms with van der Waals surface area (Å²) in [6, 6.07) is 22.5. The zero-order valence-corrected chi connectivity index (χ0v) is 11.1. The SMILES string of the molecule is CC(C#N)(CCc1ccccc1)Nc1ccccc1. The van der Waals surface area contributed by atoms with Crippen LogP contribution >= 0.6 is 0 Å². The van der Waals surface area contributed by atoms with E-state index in [2.05, 4.69) is 23.5 Å². The summed E-state index contributed by atoms with van der Waals surface area (Å²) in [7, 11) is 0. The molecule has 0 aromatic heterocycles. The monoisotopic (exact) mass is 250 g/mol. The Hall–Kier alpha value is -2.27. The van der Waals surface area contributed by atoms with Gasteiger partial charge < -0.3 is 5.32 Å². The normalized spacial score (nSPS) is 13.3. The van der Waals surface area contributed by atoms with Crippen LogP contribution in [0.4, 0.5) is 5.69 Å². The molecule has 0 radical (unpaired) electrons. The Balaban J connectivity index is 2.01. The fourth-order valence-electron chi connectivity index (χ4n) is 2.03. The lowest BCUT2D eigenvalue weighted by Crippen LogP contribution is -2.33. The Morgan fingerprint density at radius 2 is 1.58 bits per heavy atom. The fraction of sp³-hybridized carbons (Fsp3) is 0.235. The molecule has 1 unspecified atom stereocenters. The molecule has 0 spiro atoms. The van der Waals surface area contributed by atoms with Crippen molar-refractivity contribution in [3.63, 3.8) is 0 Å². The van der Waals surface area contributed by atoms with Crippen LogP contribution < -0.4 is 5.32 Å². The molecule has 2 aromatic carbocycles. The molecule has 2 nitrogen and oxygen atoms in total. The van der Waals surface area contributed by atoms with Gasteiger partial charge in [0.15, 0.2) is 0 Å². The number of hydrogen-bond donors (Lipinski definition) is 1. The molecule has 0 aliphatic rings. The number of anilines is 1. The Morgan fingerprint density at radius 1 is 1.00 bits per heavy atom. The van der Waals surface area contributed by atoms with Gasteiger partial charge in [0.2, 0.25) is 0 Å². The van der Waals surface area contributed by atoms with Gasteiger partial charge in [-0.25, -0.2) is 0 Å². The van der Waals surface area contributed by atoms with Gasteiger partial charge in [-0.05, 0) is 37.5 Å². The molecule has 0 saturated carbocycles. The maximum atomic E-state index is 9.41. The first-order valence-corrected chi connectivity index (χ1v) is 6.50. The van der Waals surface area contributed by atoms with Crippen LogP contribution in [0.2, 0.25) is 0 Å². The third-order valence-electron chi connectivity index (χ3n) is 3.20. The minimum atomic E-state index is -0.544. The molecule has 0 bridgehead atoms. The summed E-state index contributed by atoms with van der Waals surface area (Å²) in [5.74, 6) is 0. The summed E-state index contributed by atoms with van der Waals surface area (Å²) in [5, 5.41) is 12.7. The molecule has 1 N–H and O–H groups in total. The standard InChI is InChI=1S/C17H18N2/c1-17(14-18,19-16-10-6-3-7-11-16)13-12-15-8-4-2-5-9-15/h2-11,19H,12-13H2,1H3.